The van der Waals surface area contributed by atoms with Crippen molar-refractivity contribution in [1.82, 2.24) is 0 Å². The molecule has 0 aliphatic carbocycles. The van der Waals surface area contributed by atoms with Crippen molar-refractivity contribution in [2.45, 2.75) is 0 Å². The fourth-order valence-electron chi connectivity index (χ4n) is 1.82. The lowest BCUT2D eigenvalue weighted by Gasteiger charge is -2.09. The number of amides is 1. The molecule has 0 aromatic heterocycles. The maximum absolute atomic E-state index is 11.8. The van der Waals surface area contributed by atoms with Crippen molar-refractivity contribution >= 4 is 40.8 Å². The highest BCUT2D eigenvalue weighted by Gasteiger charge is 2.13. The van der Waals surface area contributed by atoms with E-state index >= 15 is 0 Å². The summed E-state index contributed by atoms with van der Waals surface area (Å²) in [5.74, 6) is -2.52. The van der Waals surface area contributed by atoms with Crippen LogP contribution in [0.3, 0.4) is 0 Å². The first-order chi connectivity index (χ1) is 11.4. The molecule has 0 aliphatic heterocycles. The Morgan fingerprint density at radius 1 is 1.12 bits per heavy atom. The molecule has 0 fully saturated rings. The maximum Gasteiger partial charge on any atom is 0.338 e. The minimum atomic E-state index is -1.16. The van der Waals surface area contributed by atoms with E-state index in [1.165, 1.54) is 30.3 Å². The monoisotopic (exact) mass is 348 g/mol. The normalized spacial score (nSPS) is 10.0. The van der Waals surface area contributed by atoms with Gasteiger partial charge in [-0.05, 0) is 36.4 Å². The van der Waals surface area contributed by atoms with Crippen LogP contribution in [-0.4, -0.2) is 29.6 Å². The topological polar surface area (TPSA) is 119 Å². The molecule has 124 valence electrons. The summed E-state index contributed by atoms with van der Waals surface area (Å²) in [6.07, 6.45) is 0. The molecule has 2 aromatic carbocycles. The largest absolute Gasteiger partial charge is 0.478 e. The lowest BCUT2D eigenvalue weighted by Crippen LogP contribution is -2.21. The quantitative estimate of drug-likeness (QED) is 0.564. The predicted molar refractivity (Wildman–Crippen MR) is 88.2 cm³/mol. The first kappa shape index (κ1) is 17.3. The van der Waals surface area contributed by atoms with E-state index in [2.05, 4.69) is 5.32 Å². The molecular weight excluding hydrogens is 336 g/mol. The predicted octanol–water partition coefficient (Wildman–Crippen LogP) is 2.42. The molecule has 0 aliphatic rings. The van der Waals surface area contributed by atoms with Gasteiger partial charge in [0.25, 0.3) is 5.91 Å². The first-order valence-corrected chi connectivity index (χ1v) is 7.10. The Morgan fingerprint density at radius 3 is 2.54 bits per heavy atom. The smallest absolute Gasteiger partial charge is 0.338 e. The molecule has 2 aromatic rings. The number of anilines is 2. The summed E-state index contributed by atoms with van der Waals surface area (Å²) in [5.41, 5.74) is 6.25. The highest BCUT2D eigenvalue weighted by molar-refractivity contribution is 6.33. The van der Waals surface area contributed by atoms with Crippen LogP contribution in [0.25, 0.3) is 0 Å². The third-order valence-electron chi connectivity index (χ3n) is 2.94. The van der Waals surface area contributed by atoms with E-state index in [9.17, 15) is 14.4 Å². The van der Waals surface area contributed by atoms with E-state index in [4.69, 9.17) is 27.2 Å². The number of carboxylic acid groups (broad SMARTS) is 1. The van der Waals surface area contributed by atoms with Gasteiger partial charge in [-0.2, -0.15) is 0 Å². The molecule has 8 heteroatoms. The van der Waals surface area contributed by atoms with Gasteiger partial charge in [0.05, 0.1) is 21.8 Å². The van der Waals surface area contributed by atoms with E-state index in [0.29, 0.717) is 5.69 Å². The molecule has 0 spiro atoms. The number of halogens is 1. The Morgan fingerprint density at radius 2 is 1.88 bits per heavy atom. The number of hydrogen-bond donors (Lipinski definition) is 3. The first-order valence-electron chi connectivity index (χ1n) is 6.72. The fraction of sp³-hybridized carbons (Fsp3) is 0.0625. The molecule has 1 amide bonds. The molecule has 0 saturated heterocycles. The van der Waals surface area contributed by atoms with Gasteiger partial charge in [0.1, 0.15) is 0 Å². The lowest BCUT2D eigenvalue weighted by atomic mass is 10.2. The molecule has 0 unspecified atom stereocenters. The summed E-state index contributed by atoms with van der Waals surface area (Å²) in [4.78, 5) is 34.5. The summed E-state index contributed by atoms with van der Waals surface area (Å²) >= 11 is 5.89. The van der Waals surface area contributed by atoms with Crippen molar-refractivity contribution in [3.8, 4) is 0 Å². The molecule has 0 atom stereocenters. The minimum absolute atomic E-state index is 0.0357. The number of esters is 1. The number of carbonyl (C=O) groups excluding carboxylic acids is 2. The summed E-state index contributed by atoms with van der Waals surface area (Å²) in [5, 5.41) is 11.5. The van der Waals surface area contributed by atoms with Crippen LogP contribution in [0.1, 0.15) is 20.7 Å². The Hall–Kier alpha value is -3.06. The van der Waals surface area contributed by atoms with Crippen LogP contribution >= 0.6 is 11.6 Å². The van der Waals surface area contributed by atoms with Crippen molar-refractivity contribution in [3.05, 3.63) is 58.6 Å². The van der Waals surface area contributed by atoms with E-state index in [0.717, 1.165) is 0 Å². The van der Waals surface area contributed by atoms with Crippen molar-refractivity contribution in [2.24, 2.45) is 0 Å². The zero-order chi connectivity index (χ0) is 17.7. The average Bonchev–Trinajstić information content (AvgIpc) is 2.54. The molecule has 0 heterocycles. The van der Waals surface area contributed by atoms with Gasteiger partial charge in [-0.25, -0.2) is 9.59 Å². The number of nitrogens with two attached hydrogens (primary N) is 1. The van der Waals surface area contributed by atoms with Gasteiger partial charge in [0, 0.05) is 5.69 Å². The molecule has 7 nitrogen and oxygen atoms in total. The van der Waals surface area contributed by atoms with Crippen LogP contribution < -0.4 is 11.1 Å². The molecule has 0 bridgehead atoms. The van der Waals surface area contributed by atoms with Gasteiger partial charge in [-0.1, -0.05) is 17.7 Å². The SMILES string of the molecule is Nc1cccc(C(=O)OCC(=O)Nc2cc(C(=O)O)ccc2Cl)c1. The number of carbonyl (C=O) groups is 3. The third kappa shape index (κ3) is 4.47. The van der Waals surface area contributed by atoms with Crippen LogP contribution in [-0.2, 0) is 9.53 Å². The van der Waals surface area contributed by atoms with Crippen LogP contribution in [0, 0.1) is 0 Å². The van der Waals surface area contributed by atoms with Crippen LogP contribution in [0.4, 0.5) is 11.4 Å². The highest BCUT2D eigenvalue weighted by atomic mass is 35.5. The van der Waals surface area contributed by atoms with Gasteiger partial charge in [-0.3, -0.25) is 4.79 Å². The second-order valence-electron chi connectivity index (χ2n) is 4.75. The Labute approximate surface area is 142 Å². The number of nitrogens with one attached hydrogen (secondary N) is 1. The van der Waals surface area contributed by atoms with Crippen LogP contribution in [0.2, 0.25) is 5.02 Å². The second kappa shape index (κ2) is 7.47. The van der Waals surface area contributed by atoms with Crippen molar-refractivity contribution in [1.29, 1.82) is 0 Å². The molecule has 0 radical (unpaired) electrons. The van der Waals surface area contributed by atoms with E-state index < -0.39 is 24.5 Å². The summed E-state index contributed by atoms with van der Waals surface area (Å²) in [6.45, 7) is -0.554. The molecule has 0 saturated carbocycles. The number of aromatic carboxylic acids is 1. The number of carboxylic acids is 1. The van der Waals surface area contributed by atoms with E-state index in [1.54, 1.807) is 12.1 Å². The molecule has 2 rings (SSSR count). The second-order valence-corrected chi connectivity index (χ2v) is 5.16. The summed E-state index contributed by atoms with van der Waals surface area (Å²) < 4.78 is 4.87. The highest BCUT2D eigenvalue weighted by Crippen LogP contribution is 2.23. The van der Waals surface area contributed by atoms with Gasteiger partial charge >= 0.3 is 11.9 Å². The summed E-state index contributed by atoms with van der Waals surface area (Å²) in [7, 11) is 0. The van der Waals surface area contributed by atoms with E-state index in [1.807, 2.05) is 0 Å². The minimum Gasteiger partial charge on any atom is -0.478 e. The zero-order valence-electron chi connectivity index (χ0n) is 12.3. The summed E-state index contributed by atoms with van der Waals surface area (Å²) in [6, 6.07) is 9.99. The van der Waals surface area contributed by atoms with E-state index in [-0.39, 0.29) is 21.8 Å². The van der Waals surface area contributed by atoms with Gasteiger partial charge in [0.15, 0.2) is 6.61 Å². The molecule has 4 N–H and O–H groups in total. The third-order valence-corrected chi connectivity index (χ3v) is 3.27. The van der Waals surface area contributed by atoms with Gasteiger partial charge < -0.3 is 20.9 Å². The zero-order valence-corrected chi connectivity index (χ0v) is 13.0. The van der Waals surface area contributed by atoms with Crippen LogP contribution in [0.15, 0.2) is 42.5 Å². The maximum atomic E-state index is 11.8. The standard InChI is InChI=1S/C16H13ClN2O5/c17-12-5-4-9(15(21)22)7-13(12)19-14(20)8-24-16(23)10-2-1-3-11(18)6-10/h1-7H,8,18H2,(H,19,20)(H,21,22). The van der Waals surface area contributed by atoms with Crippen molar-refractivity contribution in [2.75, 3.05) is 17.7 Å². The van der Waals surface area contributed by atoms with Crippen LogP contribution in [0.5, 0.6) is 0 Å². The molecule has 24 heavy (non-hydrogen) atoms. The number of nitrogen functional groups attached to an aromatic ring is 1. The van der Waals surface area contributed by atoms with Gasteiger partial charge in [-0.15, -0.1) is 0 Å². The number of benzene rings is 2. The number of hydrogen-bond acceptors (Lipinski definition) is 5. The molecular formula is C16H13ClN2O5. The Balaban J connectivity index is 1.97. The lowest BCUT2D eigenvalue weighted by molar-refractivity contribution is -0.119. The fourth-order valence-corrected chi connectivity index (χ4v) is 1.99. The number of rotatable bonds is 5. The average molecular weight is 349 g/mol. The number of ether oxygens (including phenoxy) is 1. The van der Waals surface area contributed by atoms with Crippen molar-refractivity contribution < 1.29 is 24.2 Å². The Bertz CT molecular complexity index is 807. The Kier molecular flexibility index (Phi) is 5.39. The van der Waals surface area contributed by atoms with Gasteiger partial charge in [0.2, 0.25) is 0 Å². The van der Waals surface area contributed by atoms with Crippen molar-refractivity contribution in [3.63, 3.8) is 0 Å².